The summed E-state index contributed by atoms with van der Waals surface area (Å²) in [5.74, 6) is 0.733. The quantitative estimate of drug-likeness (QED) is 0.611. The molecule has 1 aliphatic rings. The van der Waals surface area contributed by atoms with Crippen molar-refractivity contribution in [1.82, 2.24) is 0 Å². The van der Waals surface area contributed by atoms with E-state index in [0.717, 1.165) is 35.3 Å². The van der Waals surface area contributed by atoms with Crippen molar-refractivity contribution in [3.63, 3.8) is 0 Å². The van der Waals surface area contributed by atoms with Crippen LogP contribution < -0.4 is 4.74 Å². The largest absolute Gasteiger partial charge is 0.496 e. The van der Waals surface area contributed by atoms with Crippen LogP contribution in [0.15, 0.2) is 11.1 Å². The van der Waals surface area contributed by atoms with Crippen molar-refractivity contribution in [3.8, 4) is 5.75 Å². The Hall–Kier alpha value is -1.31. The molecular formula is C13H14ClNO2. The Balaban J connectivity index is 2.71. The van der Waals surface area contributed by atoms with Gasteiger partial charge in [-0.2, -0.15) is 4.99 Å². The maximum Gasteiger partial charge on any atom is 0.235 e. The molecule has 90 valence electrons. The van der Waals surface area contributed by atoms with Gasteiger partial charge in [-0.25, -0.2) is 4.79 Å². The molecule has 1 aliphatic carbocycles. The fourth-order valence-electron chi connectivity index (χ4n) is 2.25. The highest BCUT2D eigenvalue weighted by Crippen LogP contribution is 2.55. The van der Waals surface area contributed by atoms with E-state index in [4.69, 9.17) is 16.3 Å². The summed E-state index contributed by atoms with van der Waals surface area (Å²) >= 11 is 6.34. The zero-order valence-electron chi connectivity index (χ0n) is 10.1. The maximum atomic E-state index is 10.5. The van der Waals surface area contributed by atoms with E-state index in [2.05, 4.69) is 4.99 Å². The molecule has 0 radical (unpaired) electrons. The molecule has 0 N–H and O–H groups in total. The predicted molar refractivity (Wildman–Crippen MR) is 66.5 cm³/mol. The second kappa shape index (κ2) is 4.17. The van der Waals surface area contributed by atoms with Gasteiger partial charge in [0.25, 0.3) is 0 Å². The lowest BCUT2D eigenvalue weighted by Gasteiger charge is -2.19. The molecule has 0 bridgehead atoms. The Labute approximate surface area is 105 Å². The average Bonchev–Trinajstić information content (AvgIpc) is 3.04. The van der Waals surface area contributed by atoms with Crippen LogP contribution in [0.25, 0.3) is 0 Å². The fourth-order valence-corrected chi connectivity index (χ4v) is 2.57. The van der Waals surface area contributed by atoms with Crippen LogP contribution in [-0.4, -0.2) is 13.2 Å². The molecule has 1 aromatic carbocycles. The van der Waals surface area contributed by atoms with Crippen molar-refractivity contribution >= 4 is 17.7 Å². The highest BCUT2D eigenvalue weighted by molar-refractivity contribution is 6.32. The van der Waals surface area contributed by atoms with Crippen molar-refractivity contribution < 1.29 is 9.53 Å². The standard InChI is InChI=1S/C13H14ClNO2/c1-8-6-9(2)12(17-3)10(11(8)14)13(4-5-13)15-7-16/h6H,4-5H2,1-3H3. The first-order valence-electron chi connectivity index (χ1n) is 5.49. The topological polar surface area (TPSA) is 38.7 Å². The van der Waals surface area contributed by atoms with Crippen LogP contribution in [0.4, 0.5) is 0 Å². The van der Waals surface area contributed by atoms with Gasteiger partial charge in [-0.3, -0.25) is 0 Å². The summed E-state index contributed by atoms with van der Waals surface area (Å²) in [6.07, 6.45) is 3.29. The first-order chi connectivity index (χ1) is 8.05. The summed E-state index contributed by atoms with van der Waals surface area (Å²) in [4.78, 5) is 14.5. The zero-order valence-corrected chi connectivity index (χ0v) is 10.9. The van der Waals surface area contributed by atoms with E-state index >= 15 is 0 Å². The van der Waals surface area contributed by atoms with Crippen molar-refractivity contribution in [2.24, 2.45) is 4.99 Å². The molecule has 1 fully saturated rings. The summed E-state index contributed by atoms with van der Waals surface area (Å²) in [7, 11) is 1.61. The highest BCUT2D eigenvalue weighted by atomic mass is 35.5. The van der Waals surface area contributed by atoms with Crippen LogP contribution in [0, 0.1) is 13.8 Å². The fraction of sp³-hybridized carbons (Fsp3) is 0.462. The third-order valence-corrected chi connectivity index (χ3v) is 3.72. The number of hydrogen-bond acceptors (Lipinski definition) is 3. The number of carbonyl (C=O) groups excluding carboxylic acids is 1. The number of aryl methyl sites for hydroxylation is 2. The molecule has 1 aromatic rings. The van der Waals surface area contributed by atoms with Gasteiger partial charge < -0.3 is 4.74 Å². The number of nitrogens with zero attached hydrogens (tertiary/aromatic N) is 1. The molecular weight excluding hydrogens is 238 g/mol. The normalized spacial score (nSPS) is 16.2. The number of methoxy groups -OCH3 is 1. The monoisotopic (exact) mass is 251 g/mol. The van der Waals surface area contributed by atoms with Gasteiger partial charge in [0.1, 0.15) is 11.3 Å². The first kappa shape index (κ1) is 12.2. The lowest BCUT2D eigenvalue weighted by molar-refractivity contribution is 0.401. The summed E-state index contributed by atoms with van der Waals surface area (Å²) < 4.78 is 5.41. The van der Waals surface area contributed by atoms with Gasteiger partial charge >= 0.3 is 0 Å². The Kier molecular flexibility index (Phi) is 2.98. The summed E-state index contributed by atoms with van der Waals surface area (Å²) in [5, 5.41) is 0.643. The molecule has 0 amide bonds. The molecule has 0 heterocycles. The van der Waals surface area contributed by atoms with E-state index in [9.17, 15) is 4.79 Å². The maximum absolute atomic E-state index is 10.5. The van der Waals surface area contributed by atoms with Crippen LogP contribution >= 0.6 is 11.6 Å². The number of aliphatic imine (C=N–C) groups is 1. The van der Waals surface area contributed by atoms with E-state index in [-0.39, 0.29) is 0 Å². The summed E-state index contributed by atoms with van der Waals surface area (Å²) in [6.45, 7) is 3.91. The van der Waals surface area contributed by atoms with E-state index in [1.165, 1.54) is 0 Å². The van der Waals surface area contributed by atoms with Gasteiger partial charge in [0, 0.05) is 5.56 Å². The molecule has 0 aromatic heterocycles. The minimum atomic E-state index is -0.499. The minimum Gasteiger partial charge on any atom is -0.496 e. The Morgan fingerprint density at radius 2 is 2.06 bits per heavy atom. The van der Waals surface area contributed by atoms with Crippen LogP contribution in [0.3, 0.4) is 0 Å². The second-order valence-corrected chi connectivity index (χ2v) is 4.85. The van der Waals surface area contributed by atoms with Crippen LogP contribution in [0.5, 0.6) is 5.75 Å². The number of ether oxygens (including phenoxy) is 1. The van der Waals surface area contributed by atoms with Crippen LogP contribution in [0.2, 0.25) is 5.02 Å². The van der Waals surface area contributed by atoms with Crippen molar-refractivity contribution in [3.05, 3.63) is 27.8 Å². The molecule has 0 saturated heterocycles. The third-order valence-electron chi connectivity index (χ3n) is 3.24. The molecule has 0 spiro atoms. The van der Waals surface area contributed by atoms with Crippen LogP contribution in [-0.2, 0) is 10.3 Å². The predicted octanol–water partition coefficient (Wildman–Crippen LogP) is 3.29. The van der Waals surface area contributed by atoms with Gasteiger partial charge in [0.05, 0.1) is 12.1 Å². The Bertz CT molecular complexity index is 515. The van der Waals surface area contributed by atoms with Crippen molar-refractivity contribution in [1.29, 1.82) is 0 Å². The second-order valence-electron chi connectivity index (χ2n) is 4.47. The number of hydrogen-bond donors (Lipinski definition) is 0. The van der Waals surface area contributed by atoms with E-state index < -0.39 is 5.54 Å². The van der Waals surface area contributed by atoms with Gasteiger partial charge in [-0.15, -0.1) is 0 Å². The molecule has 1 saturated carbocycles. The first-order valence-corrected chi connectivity index (χ1v) is 5.87. The number of benzene rings is 1. The molecule has 0 aliphatic heterocycles. The van der Waals surface area contributed by atoms with Gasteiger partial charge in [-0.1, -0.05) is 17.7 Å². The Morgan fingerprint density at radius 3 is 2.53 bits per heavy atom. The van der Waals surface area contributed by atoms with Gasteiger partial charge in [0.15, 0.2) is 0 Å². The zero-order chi connectivity index (χ0) is 12.6. The lowest BCUT2D eigenvalue weighted by Crippen LogP contribution is -2.08. The SMILES string of the molecule is COc1c(C)cc(C)c(Cl)c1C1(N=C=O)CC1. The lowest BCUT2D eigenvalue weighted by atomic mass is 9.98. The smallest absolute Gasteiger partial charge is 0.235 e. The van der Waals surface area contributed by atoms with E-state index in [1.807, 2.05) is 19.9 Å². The van der Waals surface area contributed by atoms with E-state index in [0.29, 0.717) is 5.02 Å². The molecule has 0 unspecified atom stereocenters. The molecule has 3 nitrogen and oxygen atoms in total. The van der Waals surface area contributed by atoms with Crippen molar-refractivity contribution in [2.75, 3.05) is 7.11 Å². The minimum absolute atomic E-state index is 0.499. The molecule has 2 rings (SSSR count). The number of rotatable bonds is 3. The average molecular weight is 252 g/mol. The highest BCUT2D eigenvalue weighted by Gasteiger charge is 2.48. The number of isocyanates is 1. The Morgan fingerprint density at radius 1 is 1.41 bits per heavy atom. The molecule has 0 atom stereocenters. The van der Waals surface area contributed by atoms with Crippen LogP contribution in [0.1, 0.15) is 29.5 Å². The van der Waals surface area contributed by atoms with Crippen molar-refractivity contribution in [2.45, 2.75) is 32.2 Å². The van der Waals surface area contributed by atoms with E-state index in [1.54, 1.807) is 13.2 Å². The van der Waals surface area contributed by atoms with Gasteiger partial charge in [0.2, 0.25) is 6.08 Å². The molecule has 4 heteroatoms. The third kappa shape index (κ3) is 1.86. The number of halogens is 1. The summed E-state index contributed by atoms with van der Waals surface area (Å²) in [5.41, 5.74) is 2.33. The van der Waals surface area contributed by atoms with Gasteiger partial charge in [-0.05, 0) is 37.8 Å². The summed E-state index contributed by atoms with van der Waals surface area (Å²) in [6, 6.07) is 1.98. The molecule has 17 heavy (non-hydrogen) atoms.